The molecule has 0 bridgehead atoms. The van der Waals surface area contributed by atoms with Gasteiger partial charge in [-0.25, -0.2) is 0 Å². The first-order valence-corrected chi connectivity index (χ1v) is 5.38. The lowest BCUT2D eigenvalue weighted by atomic mass is 10.5. The van der Waals surface area contributed by atoms with Crippen LogP contribution < -0.4 is 0 Å². The first kappa shape index (κ1) is 12.1. The largest absolute Gasteiger partial charge is 0.397 e. The molecule has 0 aromatic rings. The minimum Gasteiger partial charge on any atom is -0.397 e. The van der Waals surface area contributed by atoms with Crippen molar-refractivity contribution >= 4 is 9.28 Å². The van der Waals surface area contributed by atoms with Crippen LogP contribution in [0.5, 0.6) is 0 Å². The Morgan fingerprint density at radius 2 is 1.42 bits per heavy atom. The van der Waals surface area contributed by atoms with Crippen LogP contribution >= 0.6 is 0 Å². The van der Waals surface area contributed by atoms with E-state index in [1.807, 2.05) is 6.92 Å². The average Bonchev–Trinajstić information content (AvgIpc) is 2.14. The zero-order valence-electron chi connectivity index (χ0n) is 8.42. The van der Waals surface area contributed by atoms with E-state index in [-0.39, 0.29) is 0 Å². The summed E-state index contributed by atoms with van der Waals surface area (Å²) in [6, 6.07) is 0. The predicted molar refractivity (Wildman–Crippen MR) is 48.2 cm³/mol. The van der Waals surface area contributed by atoms with Gasteiger partial charge in [0, 0.05) is 34.9 Å². The molecule has 0 rings (SSSR count). The Bertz CT molecular complexity index is 104. The van der Waals surface area contributed by atoms with Gasteiger partial charge in [-0.1, -0.05) is 6.92 Å². The summed E-state index contributed by atoms with van der Waals surface area (Å²) in [4.78, 5) is 0. The van der Waals surface area contributed by atoms with Gasteiger partial charge in [0.1, 0.15) is 0 Å². The summed E-state index contributed by atoms with van der Waals surface area (Å²) in [6.45, 7) is 1.98. The van der Waals surface area contributed by atoms with Crippen LogP contribution in [0.3, 0.4) is 0 Å². The van der Waals surface area contributed by atoms with Crippen LogP contribution in [-0.2, 0) is 18.3 Å². The predicted octanol–water partition coefficient (Wildman–Crippen LogP) is 0.438. The summed E-state index contributed by atoms with van der Waals surface area (Å²) in [5, 5.41) is 0. The SMILES string of the molecule is CCC(OC)(OC)[SiH](OC)OC. The van der Waals surface area contributed by atoms with Crippen LogP contribution in [-0.4, -0.2) is 43.1 Å². The molecule has 74 valence electrons. The van der Waals surface area contributed by atoms with E-state index in [1.165, 1.54) is 0 Å². The lowest BCUT2D eigenvalue weighted by molar-refractivity contribution is -0.167. The Kier molecular flexibility index (Phi) is 5.69. The minimum absolute atomic E-state index is 0.663. The van der Waals surface area contributed by atoms with E-state index in [1.54, 1.807) is 28.4 Å². The molecule has 5 heteroatoms. The number of rotatable bonds is 6. The summed E-state index contributed by atoms with van der Waals surface area (Å²) in [7, 11) is 4.54. The summed E-state index contributed by atoms with van der Waals surface area (Å²) < 4.78 is 20.9. The molecule has 0 radical (unpaired) electrons. The highest BCUT2D eigenvalue weighted by molar-refractivity contribution is 6.47. The zero-order chi connectivity index (χ0) is 9.61. The van der Waals surface area contributed by atoms with Gasteiger partial charge in [0.05, 0.1) is 0 Å². The van der Waals surface area contributed by atoms with Crippen molar-refractivity contribution in [3.8, 4) is 0 Å². The quantitative estimate of drug-likeness (QED) is 0.454. The topological polar surface area (TPSA) is 36.9 Å². The molecule has 0 saturated heterocycles. The highest BCUT2D eigenvalue weighted by atomic mass is 28.3. The van der Waals surface area contributed by atoms with Crippen molar-refractivity contribution in [3.63, 3.8) is 0 Å². The summed E-state index contributed by atoms with van der Waals surface area (Å²) in [6.07, 6.45) is 0.721. The molecule has 4 nitrogen and oxygen atoms in total. The Morgan fingerprint density at radius 3 is 1.50 bits per heavy atom. The van der Waals surface area contributed by atoms with Crippen LogP contribution in [0.15, 0.2) is 0 Å². The lowest BCUT2D eigenvalue weighted by Crippen LogP contribution is -2.51. The third kappa shape index (κ3) is 2.27. The van der Waals surface area contributed by atoms with Crippen LogP contribution in [0.1, 0.15) is 13.3 Å². The number of hydrogen-bond acceptors (Lipinski definition) is 4. The highest BCUT2D eigenvalue weighted by Crippen LogP contribution is 2.20. The molecule has 0 aliphatic rings. The number of methoxy groups -OCH3 is 2. The van der Waals surface area contributed by atoms with Gasteiger partial charge in [-0.2, -0.15) is 0 Å². The van der Waals surface area contributed by atoms with Gasteiger partial charge in [-0.05, 0) is 0 Å². The molecule has 12 heavy (non-hydrogen) atoms. The molecule has 0 aliphatic carbocycles. The standard InChI is InChI=1S/C7H18O4Si/c1-6-7(8-2,9-3)12(10-4)11-5/h12H,6H2,1-5H3. The van der Waals surface area contributed by atoms with Crippen molar-refractivity contribution in [2.45, 2.75) is 18.8 Å². The van der Waals surface area contributed by atoms with Crippen LogP contribution in [0, 0.1) is 0 Å². The Morgan fingerprint density at radius 1 is 1.00 bits per heavy atom. The van der Waals surface area contributed by atoms with E-state index >= 15 is 0 Å². The van der Waals surface area contributed by atoms with Gasteiger partial charge in [0.25, 0.3) is 0 Å². The van der Waals surface area contributed by atoms with Crippen molar-refractivity contribution in [1.29, 1.82) is 0 Å². The summed E-state index contributed by atoms with van der Waals surface area (Å²) in [5.41, 5.74) is -0.663. The third-order valence-corrected chi connectivity index (χ3v) is 4.43. The summed E-state index contributed by atoms with van der Waals surface area (Å²) in [5.74, 6) is 0. The van der Waals surface area contributed by atoms with Gasteiger partial charge in [-0.15, -0.1) is 0 Å². The Balaban J connectivity index is 4.42. The van der Waals surface area contributed by atoms with Gasteiger partial charge in [0.2, 0.25) is 5.41 Å². The summed E-state index contributed by atoms with van der Waals surface area (Å²) >= 11 is 0. The normalized spacial score (nSPS) is 12.5. The minimum atomic E-state index is -1.89. The van der Waals surface area contributed by atoms with E-state index in [9.17, 15) is 0 Å². The second kappa shape index (κ2) is 5.66. The molecule has 0 atom stereocenters. The fourth-order valence-electron chi connectivity index (χ4n) is 1.19. The second-order valence-electron chi connectivity index (χ2n) is 2.38. The molecule has 0 aliphatic heterocycles. The molecule has 0 fully saturated rings. The first-order chi connectivity index (χ1) is 5.70. The molecular formula is C7H18O4Si. The maximum atomic E-state index is 5.27. The van der Waals surface area contributed by atoms with Crippen molar-refractivity contribution in [2.24, 2.45) is 0 Å². The Hall–Kier alpha value is 0.0569. The van der Waals surface area contributed by atoms with Gasteiger partial charge >= 0.3 is 9.28 Å². The molecule has 0 saturated carbocycles. The second-order valence-corrected chi connectivity index (χ2v) is 4.86. The van der Waals surface area contributed by atoms with Crippen LogP contribution in [0.25, 0.3) is 0 Å². The van der Waals surface area contributed by atoms with Crippen LogP contribution in [0.2, 0.25) is 0 Å². The smallest absolute Gasteiger partial charge is 0.383 e. The van der Waals surface area contributed by atoms with Gasteiger partial charge < -0.3 is 18.3 Å². The molecule has 0 amide bonds. The molecule has 0 aromatic heterocycles. The highest BCUT2D eigenvalue weighted by Gasteiger charge is 2.41. The fourth-order valence-corrected chi connectivity index (χ4v) is 2.82. The average molecular weight is 194 g/mol. The molecule has 0 unspecified atom stereocenters. The van der Waals surface area contributed by atoms with Crippen molar-refractivity contribution < 1.29 is 18.3 Å². The van der Waals surface area contributed by atoms with Gasteiger partial charge in [0.15, 0.2) is 0 Å². The van der Waals surface area contributed by atoms with E-state index in [0.29, 0.717) is 0 Å². The fraction of sp³-hybridized carbons (Fsp3) is 1.00. The van der Waals surface area contributed by atoms with Crippen molar-refractivity contribution in [3.05, 3.63) is 0 Å². The van der Waals surface area contributed by atoms with E-state index in [4.69, 9.17) is 18.3 Å². The monoisotopic (exact) mass is 194 g/mol. The van der Waals surface area contributed by atoms with Crippen molar-refractivity contribution in [1.82, 2.24) is 0 Å². The molecule has 0 N–H and O–H groups in total. The number of ether oxygens (including phenoxy) is 2. The zero-order valence-corrected chi connectivity index (χ0v) is 9.57. The molecule has 0 aromatic carbocycles. The molecule has 0 heterocycles. The Labute approximate surface area is 75.6 Å². The maximum Gasteiger partial charge on any atom is 0.383 e. The van der Waals surface area contributed by atoms with Gasteiger partial charge in [-0.3, -0.25) is 0 Å². The van der Waals surface area contributed by atoms with Crippen molar-refractivity contribution in [2.75, 3.05) is 28.4 Å². The van der Waals surface area contributed by atoms with E-state index in [2.05, 4.69) is 0 Å². The van der Waals surface area contributed by atoms with E-state index < -0.39 is 14.7 Å². The molecule has 0 spiro atoms. The maximum absolute atomic E-state index is 5.27. The molecular weight excluding hydrogens is 176 g/mol. The van der Waals surface area contributed by atoms with E-state index in [0.717, 1.165) is 6.42 Å². The number of hydrogen-bond donors (Lipinski definition) is 0. The first-order valence-electron chi connectivity index (χ1n) is 3.86. The van der Waals surface area contributed by atoms with Crippen LogP contribution in [0.4, 0.5) is 0 Å². The lowest BCUT2D eigenvalue weighted by Gasteiger charge is -2.33. The third-order valence-electron chi connectivity index (χ3n) is 1.97.